The Bertz CT molecular complexity index is 945. The Morgan fingerprint density at radius 3 is 2.27 bits per heavy atom. The largest absolute Gasteiger partial charge is 0.322 e. The molecule has 0 radical (unpaired) electrons. The van der Waals surface area contributed by atoms with Crippen molar-refractivity contribution in [1.82, 2.24) is 0 Å². The summed E-state index contributed by atoms with van der Waals surface area (Å²) < 4.78 is 52.2. The average Bonchev–Trinajstić information content (AvgIpc) is 2.52. The Hall–Kier alpha value is -2.48. The van der Waals surface area contributed by atoms with Gasteiger partial charge < -0.3 is 5.32 Å². The summed E-state index contributed by atoms with van der Waals surface area (Å²) >= 11 is 0. The number of carbonyl (C=O) groups excluding carboxylic acids is 1. The van der Waals surface area contributed by atoms with Gasteiger partial charge in [-0.2, -0.15) is 0 Å². The molecule has 0 fully saturated rings. The fourth-order valence-corrected chi connectivity index (χ4v) is 3.67. The van der Waals surface area contributed by atoms with Crippen molar-refractivity contribution in [3.05, 3.63) is 59.2 Å². The molecule has 0 aromatic heterocycles. The van der Waals surface area contributed by atoms with E-state index in [4.69, 9.17) is 0 Å². The van der Waals surface area contributed by atoms with Crippen LogP contribution in [0.1, 0.15) is 18.1 Å². The van der Waals surface area contributed by atoms with Gasteiger partial charge in [-0.05, 0) is 56.2 Å². The van der Waals surface area contributed by atoms with Gasteiger partial charge in [0.15, 0.2) is 0 Å². The highest BCUT2D eigenvalue weighted by Gasteiger charge is 2.29. The number of amides is 1. The molecule has 8 heteroatoms. The maximum absolute atomic E-state index is 13.7. The first-order valence-electron chi connectivity index (χ1n) is 7.83. The van der Waals surface area contributed by atoms with E-state index in [-0.39, 0.29) is 5.69 Å². The van der Waals surface area contributed by atoms with Gasteiger partial charge in [-0.1, -0.05) is 6.07 Å². The molecule has 140 valence electrons. The number of rotatable bonds is 5. The molecular formula is C18H20F2N2O3S. The van der Waals surface area contributed by atoms with Crippen LogP contribution in [0.4, 0.5) is 20.2 Å². The van der Waals surface area contributed by atoms with E-state index >= 15 is 0 Å². The van der Waals surface area contributed by atoms with Gasteiger partial charge in [0.1, 0.15) is 17.7 Å². The molecule has 0 heterocycles. The van der Waals surface area contributed by atoms with E-state index < -0.39 is 33.6 Å². The number of sulfonamides is 1. The molecular weight excluding hydrogens is 362 g/mol. The van der Waals surface area contributed by atoms with Crippen LogP contribution in [0.15, 0.2) is 36.4 Å². The van der Waals surface area contributed by atoms with Crippen molar-refractivity contribution in [1.29, 1.82) is 0 Å². The SMILES string of the molecule is Cc1ccc(N([C@H](C)C(=O)Nc2ccc(F)cc2F)S(C)(=O)=O)cc1C. The zero-order valence-electron chi connectivity index (χ0n) is 14.9. The first-order valence-corrected chi connectivity index (χ1v) is 9.68. The molecule has 0 aliphatic rings. The Kier molecular flexibility index (Phi) is 5.65. The third kappa shape index (κ3) is 4.37. The summed E-state index contributed by atoms with van der Waals surface area (Å²) in [5, 5.41) is 2.30. The molecule has 2 rings (SSSR count). The third-order valence-electron chi connectivity index (χ3n) is 4.02. The topological polar surface area (TPSA) is 66.5 Å². The van der Waals surface area contributed by atoms with Crippen LogP contribution < -0.4 is 9.62 Å². The molecule has 1 N–H and O–H groups in total. The summed E-state index contributed by atoms with van der Waals surface area (Å²) in [5.74, 6) is -2.46. The Morgan fingerprint density at radius 2 is 1.73 bits per heavy atom. The second-order valence-electron chi connectivity index (χ2n) is 6.12. The first-order chi connectivity index (χ1) is 12.0. The van der Waals surface area contributed by atoms with Crippen LogP contribution in [0.2, 0.25) is 0 Å². The van der Waals surface area contributed by atoms with Crippen molar-refractivity contribution < 1.29 is 22.0 Å². The minimum atomic E-state index is -3.78. The third-order valence-corrected chi connectivity index (χ3v) is 5.26. The normalized spacial score (nSPS) is 12.5. The molecule has 0 bridgehead atoms. The number of benzene rings is 2. The Morgan fingerprint density at radius 1 is 1.08 bits per heavy atom. The fourth-order valence-electron chi connectivity index (χ4n) is 2.50. The Balaban J connectivity index is 2.35. The first kappa shape index (κ1) is 19.8. The molecule has 1 amide bonds. The van der Waals surface area contributed by atoms with Crippen LogP contribution in [0.5, 0.6) is 0 Å². The van der Waals surface area contributed by atoms with E-state index in [2.05, 4.69) is 5.32 Å². The molecule has 0 unspecified atom stereocenters. The van der Waals surface area contributed by atoms with E-state index in [1.807, 2.05) is 13.8 Å². The monoisotopic (exact) mass is 382 g/mol. The van der Waals surface area contributed by atoms with E-state index in [0.717, 1.165) is 33.8 Å². The number of nitrogens with zero attached hydrogens (tertiary/aromatic N) is 1. The van der Waals surface area contributed by atoms with Gasteiger partial charge in [0.25, 0.3) is 0 Å². The second-order valence-corrected chi connectivity index (χ2v) is 7.98. The van der Waals surface area contributed by atoms with Gasteiger partial charge in [-0.3, -0.25) is 9.10 Å². The standard InChI is InChI=1S/C18H20F2N2O3S/c1-11-5-7-15(9-12(11)2)22(26(4,24)25)13(3)18(23)21-17-8-6-14(19)10-16(17)20/h5-10,13H,1-4H3,(H,21,23)/t13-/m1/s1. The smallest absolute Gasteiger partial charge is 0.248 e. The van der Waals surface area contributed by atoms with Crippen molar-refractivity contribution in [2.75, 3.05) is 15.9 Å². The predicted octanol–water partition coefficient (Wildman–Crippen LogP) is 3.37. The predicted molar refractivity (Wildman–Crippen MR) is 97.7 cm³/mol. The number of halogens is 2. The van der Waals surface area contributed by atoms with E-state index in [9.17, 15) is 22.0 Å². The van der Waals surface area contributed by atoms with Gasteiger partial charge >= 0.3 is 0 Å². The number of aryl methyl sites for hydroxylation is 2. The average molecular weight is 382 g/mol. The summed E-state index contributed by atoms with van der Waals surface area (Å²) in [6.45, 7) is 5.11. The lowest BCUT2D eigenvalue weighted by Crippen LogP contribution is -2.45. The fraction of sp³-hybridized carbons (Fsp3) is 0.278. The van der Waals surface area contributed by atoms with Crippen LogP contribution in [0, 0.1) is 25.5 Å². The number of nitrogens with one attached hydrogen (secondary N) is 1. The Labute approximate surface area is 151 Å². The van der Waals surface area contributed by atoms with Crippen molar-refractivity contribution >= 4 is 27.3 Å². The summed E-state index contributed by atoms with van der Waals surface area (Å²) in [7, 11) is -3.78. The zero-order chi connectivity index (χ0) is 19.6. The quantitative estimate of drug-likeness (QED) is 0.862. The summed E-state index contributed by atoms with van der Waals surface area (Å²) in [6, 6.07) is 6.60. The molecule has 2 aromatic carbocycles. The lowest BCUT2D eigenvalue weighted by atomic mass is 10.1. The number of hydrogen-bond acceptors (Lipinski definition) is 3. The summed E-state index contributed by atoms with van der Waals surface area (Å²) in [4.78, 5) is 12.5. The number of hydrogen-bond donors (Lipinski definition) is 1. The molecule has 5 nitrogen and oxygen atoms in total. The lowest BCUT2D eigenvalue weighted by molar-refractivity contribution is -0.116. The number of anilines is 2. The minimum absolute atomic E-state index is 0.225. The second kappa shape index (κ2) is 7.41. The zero-order valence-corrected chi connectivity index (χ0v) is 15.7. The molecule has 0 aliphatic heterocycles. The molecule has 1 atom stereocenters. The molecule has 26 heavy (non-hydrogen) atoms. The maximum Gasteiger partial charge on any atom is 0.248 e. The van der Waals surface area contributed by atoms with Crippen molar-refractivity contribution in [3.63, 3.8) is 0 Å². The highest BCUT2D eigenvalue weighted by Crippen LogP contribution is 2.24. The molecule has 2 aromatic rings. The summed E-state index contributed by atoms with van der Waals surface area (Å²) in [5.41, 5.74) is 1.95. The van der Waals surface area contributed by atoms with Crippen molar-refractivity contribution in [2.45, 2.75) is 26.8 Å². The van der Waals surface area contributed by atoms with E-state index in [1.165, 1.54) is 6.92 Å². The van der Waals surface area contributed by atoms with E-state index in [1.54, 1.807) is 18.2 Å². The van der Waals surface area contributed by atoms with Crippen molar-refractivity contribution in [2.24, 2.45) is 0 Å². The maximum atomic E-state index is 13.7. The minimum Gasteiger partial charge on any atom is -0.322 e. The van der Waals surface area contributed by atoms with Gasteiger partial charge in [-0.15, -0.1) is 0 Å². The molecule has 0 saturated heterocycles. The lowest BCUT2D eigenvalue weighted by Gasteiger charge is -2.28. The van der Waals surface area contributed by atoms with Crippen LogP contribution in [0.25, 0.3) is 0 Å². The highest BCUT2D eigenvalue weighted by atomic mass is 32.2. The van der Waals surface area contributed by atoms with E-state index in [0.29, 0.717) is 11.8 Å². The van der Waals surface area contributed by atoms with Crippen molar-refractivity contribution in [3.8, 4) is 0 Å². The molecule has 0 spiro atoms. The molecule has 0 aliphatic carbocycles. The summed E-state index contributed by atoms with van der Waals surface area (Å²) in [6.07, 6.45) is 0.991. The van der Waals surface area contributed by atoms with Gasteiger partial charge in [0.05, 0.1) is 17.6 Å². The van der Waals surface area contributed by atoms with Crippen LogP contribution in [-0.4, -0.2) is 26.6 Å². The van der Waals surface area contributed by atoms with Crippen LogP contribution in [-0.2, 0) is 14.8 Å². The number of carbonyl (C=O) groups is 1. The van der Waals surface area contributed by atoms with Gasteiger partial charge in [-0.25, -0.2) is 17.2 Å². The van der Waals surface area contributed by atoms with Gasteiger partial charge in [0, 0.05) is 6.07 Å². The highest BCUT2D eigenvalue weighted by molar-refractivity contribution is 7.92. The van der Waals surface area contributed by atoms with Gasteiger partial charge in [0.2, 0.25) is 15.9 Å². The molecule has 0 saturated carbocycles. The van der Waals surface area contributed by atoms with Crippen LogP contribution in [0.3, 0.4) is 0 Å². The van der Waals surface area contributed by atoms with Crippen LogP contribution >= 0.6 is 0 Å².